The minimum absolute atomic E-state index is 0.161. The maximum absolute atomic E-state index is 13.0. The number of pyridine rings is 1. The van der Waals surface area contributed by atoms with Crippen LogP contribution >= 0.6 is 0 Å². The Balaban J connectivity index is 1.70. The average Bonchev–Trinajstić information content (AvgIpc) is 3.06. The van der Waals surface area contributed by atoms with Crippen LogP contribution in [0.25, 0.3) is 0 Å². The molecule has 1 fully saturated rings. The molecule has 1 N–H and O–H groups in total. The molecule has 2 aromatic rings. The third-order valence-electron chi connectivity index (χ3n) is 4.85. The summed E-state index contributed by atoms with van der Waals surface area (Å²) >= 11 is 0. The lowest BCUT2D eigenvalue weighted by Gasteiger charge is -2.20. The van der Waals surface area contributed by atoms with Crippen LogP contribution in [-0.4, -0.2) is 47.2 Å². The minimum atomic E-state index is -0.161. The molecule has 0 atom stereocenters. The number of fused-ring (bicyclic) bond motifs is 1. The van der Waals surface area contributed by atoms with Crippen molar-refractivity contribution >= 4 is 17.5 Å². The van der Waals surface area contributed by atoms with E-state index in [0.717, 1.165) is 42.3 Å². The number of aryl methyl sites for hydroxylation is 1. The van der Waals surface area contributed by atoms with Gasteiger partial charge in [0, 0.05) is 37.0 Å². The third-order valence-corrected chi connectivity index (χ3v) is 4.85. The summed E-state index contributed by atoms with van der Waals surface area (Å²) in [5.41, 5.74) is 3.41. The molecule has 0 radical (unpaired) electrons. The molecule has 1 saturated heterocycles. The van der Waals surface area contributed by atoms with Gasteiger partial charge in [-0.3, -0.25) is 9.78 Å². The van der Waals surface area contributed by atoms with Crippen LogP contribution in [0.3, 0.4) is 0 Å². The molecule has 0 unspecified atom stereocenters. The number of hydrogen-bond acceptors (Lipinski definition) is 6. The van der Waals surface area contributed by atoms with Gasteiger partial charge >= 0.3 is 0 Å². The van der Waals surface area contributed by atoms with Crippen molar-refractivity contribution in [1.29, 1.82) is 0 Å². The monoisotopic (exact) mass is 353 g/mol. The minimum Gasteiger partial charge on any atom is -0.381 e. The van der Waals surface area contributed by atoms with Crippen molar-refractivity contribution in [1.82, 2.24) is 15.0 Å². The number of nitrogens with zero attached hydrogens (tertiary/aromatic N) is 4. The predicted molar refractivity (Wildman–Crippen MR) is 98.6 cm³/mol. The van der Waals surface area contributed by atoms with Gasteiger partial charge in [0.25, 0.3) is 5.91 Å². The topological polar surface area (TPSA) is 80.2 Å². The summed E-state index contributed by atoms with van der Waals surface area (Å²) in [4.78, 5) is 28.5. The molecule has 7 heteroatoms. The number of nitrogens with one attached hydrogen (secondary N) is 1. The summed E-state index contributed by atoms with van der Waals surface area (Å²) in [6.45, 7) is 5.10. The average molecular weight is 353 g/mol. The van der Waals surface area contributed by atoms with Crippen LogP contribution in [0.15, 0.2) is 18.5 Å². The lowest BCUT2D eigenvalue weighted by atomic mass is 10.0. The largest absolute Gasteiger partial charge is 0.381 e. The van der Waals surface area contributed by atoms with E-state index in [0.29, 0.717) is 31.0 Å². The fourth-order valence-electron chi connectivity index (χ4n) is 3.56. The van der Waals surface area contributed by atoms with Crippen molar-refractivity contribution in [2.24, 2.45) is 0 Å². The van der Waals surface area contributed by atoms with Crippen molar-refractivity contribution < 1.29 is 9.53 Å². The molecule has 2 aliphatic heterocycles. The summed E-state index contributed by atoms with van der Waals surface area (Å²) in [7, 11) is 0. The lowest BCUT2D eigenvalue weighted by Crippen LogP contribution is -2.23. The number of carbonyl (C=O) groups excluding carboxylic acids is 1. The Morgan fingerprint density at radius 2 is 1.96 bits per heavy atom. The number of ether oxygens (including phenoxy) is 1. The van der Waals surface area contributed by atoms with Gasteiger partial charge in [0.2, 0.25) is 0 Å². The Bertz CT molecular complexity index is 818. The number of hydrogen-bond donors (Lipinski definition) is 1. The zero-order chi connectivity index (χ0) is 17.9. The second-order valence-electron chi connectivity index (χ2n) is 6.76. The molecule has 26 heavy (non-hydrogen) atoms. The Labute approximate surface area is 152 Å². The standard InChI is InChI=1S/C19H23N5O2/c1-13-11-20-12-17(21-13)23-19(25)15-10-18(24-6-2-3-7-24)22-16-5-9-26-8-4-14(15)16/h10-12H,2-9H2,1H3,(H,21,23,25). The predicted octanol–water partition coefficient (Wildman–Crippen LogP) is 2.15. The highest BCUT2D eigenvalue weighted by atomic mass is 16.5. The zero-order valence-corrected chi connectivity index (χ0v) is 15.0. The van der Waals surface area contributed by atoms with Crippen LogP contribution in [0.1, 0.15) is 40.2 Å². The summed E-state index contributed by atoms with van der Waals surface area (Å²) in [5.74, 6) is 1.20. The number of aromatic nitrogens is 3. The highest BCUT2D eigenvalue weighted by Crippen LogP contribution is 2.26. The van der Waals surface area contributed by atoms with Crippen molar-refractivity contribution in [2.45, 2.75) is 32.6 Å². The van der Waals surface area contributed by atoms with Crippen molar-refractivity contribution in [3.63, 3.8) is 0 Å². The van der Waals surface area contributed by atoms with Crippen molar-refractivity contribution in [3.8, 4) is 0 Å². The highest BCUT2D eigenvalue weighted by molar-refractivity contribution is 6.05. The lowest BCUT2D eigenvalue weighted by molar-refractivity contribution is 0.102. The Kier molecular flexibility index (Phi) is 4.79. The van der Waals surface area contributed by atoms with Gasteiger partial charge in [0.05, 0.1) is 25.1 Å². The normalized spacial score (nSPS) is 16.9. The Morgan fingerprint density at radius 3 is 2.77 bits per heavy atom. The maximum atomic E-state index is 13.0. The Morgan fingerprint density at radius 1 is 1.15 bits per heavy atom. The molecular formula is C19H23N5O2. The van der Waals surface area contributed by atoms with E-state index in [4.69, 9.17) is 9.72 Å². The first-order chi connectivity index (χ1) is 12.7. The summed E-state index contributed by atoms with van der Waals surface area (Å²) < 4.78 is 5.60. The summed E-state index contributed by atoms with van der Waals surface area (Å²) in [5, 5.41) is 2.89. The van der Waals surface area contributed by atoms with Gasteiger partial charge in [-0.2, -0.15) is 0 Å². The molecule has 0 aromatic carbocycles. The fourth-order valence-corrected chi connectivity index (χ4v) is 3.56. The smallest absolute Gasteiger partial charge is 0.257 e. The first-order valence-corrected chi connectivity index (χ1v) is 9.16. The first-order valence-electron chi connectivity index (χ1n) is 9.16. The number of amides is 1. The second-order valence-corrected chi connectivity index (χ2v) is 6.76. The van der Waals surface area contributed by atoms with Gasteiger partial charge in [-0.15, -0.1) is 0 Å². The highest BCUT2D eigenvalue weighted by Gasteiger charge is 2.23. The second kappa shape index (κ2) is 7.37. The molecule has 1 amide bonds. The molecule has 0 spiro atoms. The molecule has 2 aromatic heterocycles. The van der Waals surface area contributed by atoms with Gasteiger partial charge in [0.1, 0.15) is 5.82 Å². The fraction of sp³-hybridized carbons (Fsp3) is 0.474. The van der Waals surface area contributed by atoms with E-state index in [9.17, 15) is 4.79 Å². The van der Waals surface area contributed by atoms with Gasteiger partial charge in [0.15, 0.2) is 5.82 Å². The van der Waals surface area contributed by atoms with Gasteiger partial charge < -0.3 is 15.0 Å². The van der Waals surface area contributed by atoms with Crippen molar-refractivity contribution in [3.05, 3.63) is 41.0 Å². The molecule has 0 bridgehead atoms. The van der Waals surface area contributed by atoms with E-state index in [1.165, 1.54) is 12.8 Å². The van der Waals surface area contributed by atoms with E-state index in [1.807, 2.05) is 13.0 Å². The van der Waals surface area contributed by atoms with Crippen LogP contribution in [0.4, 0.5) is 11.6 Å². The quantitative estimate of drug-likeness (QED) is 0.911. The molecule has 4 heterocycles. The van der Waals surface area contributed by atoms with Gasteiger partial charge in [-0.05, 0) is 37.8 Å². The van der Waals surface area contributed by atoms with E-state index in [2.05, 4.69) is 20.2 Å². The van der Waals surface area contributed by atoms with Crippen LogP contribution in [0, 0.1) is 6.92 Å². The van der Waals surface area contributed by atoms with E-state index in [-0.39, 0.29) is 5.91 Å². The van der Waals surface area contributed by atoms with Crippen LogP contribution in [0.2, 0.25) is 0 Å². The number of anilines is 2. The first kappa shape index (κ1) is 16.9. The molecule has 7 nitrogen and oxygen atoms in total. The van der Waals surface area contributed by atoms with E-state index < -0.39 is 0 Å². The van der Waals surface area contributed by atoms with Gasteiger partial charge in [-0.1, -0.05) is 0 Å². The molecule has 136 valence electrons. The summed E-state index contributed by atoms with van der Waals surface area (Å²) in [6.07, 6.45) is 7.00. The van der Waals surface area contributed by atoms with Crippen LogP contribution < -0.4 is 10.2 Å². The van der Waals surface area contributed by atoms with E-state index >= 15 is 0 Å². The van der Waals surface area contributed by atoms with E-state index in [1.54, 1.807) is 12.4 Å². The van der Waals surface area contributed by atoms with Crippen molar-refractivity contribution in [2.75, 3.05) is 36.5 Å². The van der Waals surface area contributed by atoms with Crippen LogP contribution in [0.5, 0.6) is 0 Å². The SMILES string of the molecule is Cc1cncc(NC(=O)c2cc(N3CCCC3)nc3c2CCOCC3)n1. The molecule has 0 aliphatic carbocycles. The molecule has 4 rings (SSSR count). The Hall–Kier alpha value is -2.54. The summed E-state index contributed by atoms with van der Waals surface area (Å²) in [6, 6.07) is 1.92. The zero-order valence-electron chi connectivity index (χ0n) is 15.0. The van der Waals surface area contributed by atoms with Gasteiger partial charge in [-0.25, -0.2) is 9.97 Å². The number of carbonyl (C=O) groups is 1. The number of rotatable bonds is 3. The molecule has 2 aliphatic rings. The van der Waals surface area contributed by atoms with Crippen LogP contribution in [-0.2, 0) is 17.6 Å². The maximum Gasteiger partial charge on any atom is 0.257 e. The molecular weight excluding hydrogens is 330 g/mol. The molecule has 0 saturated carbocycles. The third kappa shape index (κ3) is 3.53.